The van der Waals surface area contributed by atoms with Crippen molar-refractivity contribution in [3.63, 3.8) is 0 Å². The molecule has 0 saturated carbocycles. The summed E-state index contributed by atoms with van der Waals surface area (Å²) in [6.07, 6.45) is 1.80. The Hall–Kier alpha value is -1.65. The fraction of sp³-hybridized carbons (Fsp3) is 0.357. The quantitative estimate of drug-likeness (QED) is 0.888. The zero-order chi connectivity index (χ0) is 12.4. The van der Waals surface area contributed by atoms with Crippen LogP contribution in [0.4, 0.5) is 0 Å². The first-order chi connectivity index (χ1) is 8.83. The number of rotatable bonds is 4. The van der Waals surface area contributed by atoms with Crippen LogP contribution in [0.5, 0.6) is 0 Å². The molecule has 2 aromatic rings. The highest BCUT2D eigenvalue weighted by molar-refractivity contribution is 5.55. The van der Waals surface area contributed by atoms with Gasteiger partial charge in [-0.1, -0.05) is 30.3 Å². The van der Waals surface area contributed by atoms with Crippen LogP contribution in [0.1, 0.15) is 5.89 Å². The molecule has 4 nitrogen and oxygen atoms in total. The molecule has 94 valence electrons. The number of likely N-dealkylation sites (N-methyl/N-ethyl adjacent to an activating group) is 1. The molecule has 1 aliphatic heterocycles. The minimum atomic E-state index is 0.608. The number of nitrogens with one attached hydrogen (secondary N) is 1. The summed E-state index contributed by atoms with van der Waals surface area (Å²) < 4.78 is 5.79. The van der Waals surface area contributed by atoms with Gasteiger partial charge in [0.05, 0.1) is 12.7 Å². The van der Waals surface area contributed by atoms with Gasteiger partial charge in [-0.15, -0.1) is 0 Å². The maximum atomic E-state index is 5.79. The predicted molar refractivity (Wildman–Crippen MR) is 70.1 cm³/mol. The van der Waals surface area contributed by atoms with E-state index in [9.17, 15) is 0 Å². The minimum Gasteiger partial charge on any atom is -0.439 e. The van der Waals surface area contributed by atoms with Gasteiger partial charge in [0, 0.05) is 24.7 Å². The first kappa shape index (κ1) is 11.4. The van der Waals surface area contributed by atoms with Crippen molar-refractivity contribution >= 4 is 0 Å². The molecule has 1 saturated heterocycles. The van der Waals surface area contributed by atoms with Crippen LogP contribution in [-0.2, 0) is 6.54 Å². The van der Waals surface area contributed by atoms with E-state index in [1.165, 1.54) is 0 Å². The third-order valence-corrected chi connectivity index (χ3v) is 3.38. The van der Waals surface area contributed by atoms with Crippen LogP contribution in [-0.4, -0.2) is 36.1 Å². The molecule has 1 N–H and O–H groups in total. The van der Waals surface area contributed by atoms with Gasteiger partial charge >= 0.3 is 0 Å². The number of hydrogen-bond donors (Lipinski definition) is 1. The largest absolute Gasteiger partial charge is 0.439 e. The number of nitrogens with zero attached hydrogens (tertiary/aromatic N) is 2. The van der Waals surface area contributed by atoms with Crippen LogP contribution < -0.4 is 5.32 Å². The number of benzene rings is 1. The standard InChI is InChI=1S/C14H17N3O/c1-17(12-7-15-8-12)10-14-16-9-13(18-14)11-5-3-2-4-6-11/h2-6,9,12,15H,7-8,10H2,1H3. The second-order valence-electron chi connectivity index (χ2n) is 4.71. The highest BCUT2D eigenvalue weighted by Crippen LogP contribution is 2.20. The van der Waals surface area contributed by atoms with Gasteiger partial charge in [0.25, 0.3) is 0 Å². The van der Waals surface area contributed by atoms with Crippen molar-refractivity contribution in [2.24, 2.45) is 0 Å². The number of oxazole rings is 1. The van der Waals surface area contributed by atoms with Gasteiger partial charge in [0.15, 0.2) is 5.76 Å². The van der Waals surface area contributed by atoms with E-state index in [-0.39, 0.29) is 0 Å². The molecule has 0 aliphatic carbocycles. The Balaban J connectivity index is 1.69. The molecule has 0 atom stereocenters. The molecule has 4 heteroatoms. The lowest BCUT2D eigenvalue weighted by atomic mass is 10.1. The van der Waals surface area contributed by atoms with Gasteiger partial charge < -0.3 is 9.73 Å². The zero-order valence-corrected chi connectivity index (χ0v) is 10.5. The molecule has 0 spiro atoms. The van der Waals surface area contributed by atoms with Gasteiger partial charge in [-0.2, -0.15) is 0 Å². The summed E-state index contributed by atoms with van der Waals surface area (Å²) in [7, 11) is 2.11. The zero-order valence-electron chi connectivity index (χ0n) is 10.5. The summed E-state index contributed by atoms with van der Waals surface area (Å²) >= 11 is 0. The summed E-state index contributed by atoms with van der Waals surface area (Å²) in [5.74, 6) is 1.62. The molecule has 2 heterocycles. The van der Waals surface area contributed by atoms with Gasteiger partial charge in [0.1, 0.15) is 0 Å². The normalized spacial score (nSPS) is 15.9. The predicted octanol–water partition coefficient (Wildman–Crippen LogP) is 1.75. The summed E-state index contributed by atoms with van der Waals surface area (Å²) in [5, 5.41) is 3.27. The second-order valence-corrected chi connectivity index (χ2v) is 4.71. The van der Waals surface area contributed by atoms with Crippen molar-refractivity contribution in [2.75, 3.05) is 20.1 Å². The Morgan fingerprint density at radius 1 is 1.33 bits per heavy atom. The van der Waals surface area contributed by atoms with Crippen molar-refractivity contribution in [3.8, 4) is 11.3 Å². The highest BCUT2D eigenvalue weighted by atomic mass is 16.4. The molecule has 1 aromatic heterocycles. The second kappa shape index (κ2) is 4.92. The third kappa shape index (κ3) is 2.30. The molecule has 18 heavy (non-hydrogen) atoms. The van der Waals surface area contributed by atoms with E-state index >= 15 is 0 Å². The highest BCUT2D eigenvalue weighted by Gasteiger charge is 2.22. The van der Waals surface area contributed by atoms with Crippen LogP contribution in [0.3, 0.4) is 0 Å². The average Bonchev–Trinajstić information content (AvgIpc) is 2.76. The van der Waals surface area contributed by atoms with Crippen LogP contribution in [0.25, 0.3) is 11.3 Å². The van der Waals surface area contributed by atoms with Crippen molar-refractivity contribution in [1.82, 2.24) is 15.2 Å². The molecule has 1 aromatic carbocycles. The van der Waals surface area contributed by atoms with Crippen LogP contribution >= 0.6 is 0 Å². The van der Waals surface area contributed by atoms with E-state index < -0.39 is 0 Å². The van der Waals surface area contributed by atoms with Crippen molar-refractivity contribution in [1.29, 1.82) is 0 Å². The summed E-state index contributed by atoms with van der Waals surface area (Å²) in [6.45, 7) is 2.88. The Kier molecular flexibility index (Phi) is 3.13. The monoisotopic (exact) mass is 243 g/mol. The number of aromatic nitrogens is 1. The van der Waals surface area contributed by atoms with Gasteiger partial charge in [-0.3, -0.25) is 4.90 Å². The lowest BCUT2D eigenvalue weighted by Crippen LogP contribution is -2.55. The Morgan fingerprint density at radius 3 is 2.78 bits per heavy atom. The van der Waals surface area contributed by atoms with E-state index in [0.717, 1.165) is 36.8 Å². The van der Waals surface area contributed by atoms with Crippen LogP contribution in [0, 0.1) is 0 Å². The fourth-order valence-corrected chi connectivity index (χ4v) is 2.05. The molecular formula is C14H17N3O. The molecule has 0 unspecified atom stereocenters. The van der Waals surface area contributed by atoms with E-state index in [2.05, 4.69) is 22.2 Å². The van der Waals surface area contributed by atoms with E-state index in [1.807, 2.05) is 30.3 Å². The van der Waals surface area contributed by atoms with Crippen LogP contribution in [0.2, 0.25) is 0 Å². The van der Waals surface area contributed by atoms with Gasteiger partial charge in [-0.05, 0) is 7.05 Å². The lowest BCUT2D eigenvalue weighted by Gasteiger charge is -2.34. The summed E-state index contributed by atoms with van der Waals surface area (Å²) in [6, 6.07) is 10.7. The maximum absolute atomic E-state index is 5.79. The smallest absolute Gasteiger partial charge is 0.209 e. The third-order valence-electron chi connectivity index (χ3n) is 3.38. The average molecular weight is 243 g/mol. The van der Waals surface area contributed by atoms with E-state index in [4.69, 9.17) is 4.42 Å². The maximum Gasteiger partial charge on any atom is 0.209 e. The Labute approximate surface area is 107 Å². The van der Waals surface area contributed by atoms with Gasteiger partial charge in [0.2, 0.25) is 5.89 Å². The molecular weight excluding hydrogens is 226 g/mol. The molecule has 0 amide bonds. The Bertz CT molecular complexity index is 505. The fourth-order valence-electron chi connectivity index (χ4n) is 2.05. The van der Waals surface area contributed by atoms with Crippen LogP contribution in [0.15, 0.2) is 40.9 Å². The summed E-state index contributed by atoms with van der Waals surface area (Å²) in [4.78, 5) is 6.62. The molecule has 1 fully saturated rings. The molecule has 0 bridgehead atoms. The first-order valence-corrected chi connectivity index (χ1v) is 6.24. The lowest BCUT2D eigenvalue weighted by molar-refractivity contribution is 0.160. The van der Waals surface area contributed by atoms with Crippen molar-refractivity contribution in [2.45, 2.75) is 12.6 Å². The van der Waals surface area contributed by atoms with Crippen molar-refractivity contribution in [3.05, 3.63) is 42.4 Å². The molecule has 0 radical (unpaired) electrons. The molecule has 1 aliphatic rings. The topological polar surface area (TPSA) is 41.3 Å². The minimum absolute atomic E-state index is 0.608. The Morgan fingerprint density at radius 2 is 2.11 bits per heavy atom. The molecule has 3 rings (SSSR count). The first-order valence-electron chi connectivity index (χ1n) is 6.24. The number of hydrogen-bond acceptors (Lipinski definition) is 4. The SMILES string of the molecule is CN(Cc1ncc(-c2ccccc2)o1)C1CNC1. The van der Waals surface area contributed by atoms with E-state index in [0.29, 0.717) is 6.04 Å². The van der Waals surface area contributed by atoms with Gasteiger partial charge in [-0.25, -0.2) is 4.98 Å². The van der Waals surface area contributed by atoms with E-state index in [1.54, 1.807) is 6.20 Å². The summed E-state index contributed by atoms with van der Waals surface area (Å²) in [5.41, 5.74) is 1.07. The van der Waals surface area contributed by atoms with Crippen molar-refractivity contribution < 1.29 is 4.42 Å².